The first kappa shape index (κ1) is 43.1. The molecule has 4 rings (SSSR count). The summed E-state index contributed by atoms with van der Waals surface area (Å²) >= 11 is 2.05. The molecule has 1 aliphatic carbocycles. The number of aromatic nitrogens is 2. The molecule has 17 heteroatoms. The molecule has 2 N–H and O–H groups in total. The molecule has 0 spiro atoms. The number of nitrogens with one attached hydrogen (secondary N) is 2. The molecule has 1 aliphatic rings. The number of halogens is 1. The van der Waals surface area contributed by atoms with Crippen molar-refractivity contribution >= 4 is 52.5 Å². The number of rotatable bonds is 20. The molecule has 0 aliphatic heterocycles. The first-order chi connectivity index (χ1) is 26.4. The summed E-state index contributed by atoms with van der Waals surface area (Å²) < 4.78 is 34.0. The monoisotopic (exact) mass is 877 g/mol. The van der Waals surface area contributed by atoms with Gasteiger partial charge in [0, 0.05) is 30.2 Å². The van der Waals surface area contributed by atoms with Crippen molar-refractivity contribution in [3.8, 4) is 11.1 Å². The summed E-state index contributed by atoms with van der Waals surface area (Å²) in [4.78, 5) is 70.0. The molecular weight excluding hydrogens is 829 g/mol. The molecule has 1 heterocycles. The minimum atomic E-state index is -0.855. The van der Waals surface area contributed by atoms with Gasteiger partial charge in [0.15, 0.2) is 0 Å². The van der Waals surface area contributed by atoms with Crippen molar-refractivity contribution in [1.29, 1.82) is 0 Å². The predicted molar refractivity (Wildman–Crippen MR) is 210 cm³/mol. The molecule has 0 bridgehead atoms. The molecule has 0 unspecified atom stereocenters. The Morgan fingerprint density at radius 3 is 2.18 bits per heavy atom. The van der Waals surface area contributed by atoms with Crippen molar-refractivity contribution in [2.45, 2.75) is 44.9 Å². The number of alkyl carbamates (subject to hydrolysis) is 1. The van der Waals surface area contributed by atoms with Crippen LogP contribution in [-0.4, -0.2) is 121 Å². The highest BCUT2D eigenvalue weighted by Crippen LogP contribution is 2.44. The molecule has 0 saturated heterocycles. The van der Waals surface area contributed by atoms with Crippen LogP contribution in [-0.2, 0) is 44.6 Å². The Morgan fingerprint density at radius 1 is 0.891 bits per heavy atom. The Kier molecular flexibility index (Phi) is 16.9. The van der Waals surface area contributed by atoms with E-state index in [0.717, 1.165) is 26.8 Å². The molecule has 3 amide bonds. The van der Waals surface area contributed by atoms with E-state index in [1.165, 1.54) is 17.2 Å². The van der Waals surface area contributed by atoms with E-state index in [1.54, 1.807) is 27.9 Å². The standard InChI is InChI=1S/C38H48IN5O11/c1-38(2,3)55-37(49)42-32-13-15-43(35(47)41-32)22-33(45)44(23-34(46)53-16-14-39)21-26(24-52-20-19-51-18-17-50-4)40-36(48)54-25-31-29-11-7-5-9-27(29)28-10-6-8-12-30(28)31/h5-13,15,26,31H,14,16-25H2,1-4H3,(H,40,48)(H,41,42,47,49)/t26-/m1/s1. The summed E-state index contributed by atoms with van der Waals surface area (Å²) in [5.74, 6) is -1.58. The van der Waals surface area contributed by atoms with Crippen LogP contribution >= 0.6 is 22.6 Å². The highest BCUT2D eigenvalue weighted by Gasteiger charge is 2.30. The second-order valence-electron chi connectivity index (χ2n) is 13.4. The molecule has 16 nitrogen and oxygen atoms in total. The van der Waals surface area contributed by atoms with Gasteiger partial charge < -0.3 is 38.6 Å². The zero-order chi connectivity index (χ0) is 39.8. The molecule has 55 heavy (non-hydrogen) atoms. The topological polar surface area (TPSA) is 186 Å². The number of amides is 3. The van der Waals surface area contributed by atoms with Crippen molar-refractivity contribution in [2.24, 2.45) is 0 Å². The van der Waals surface area contributed by atoms with E-state index in [4.69, 9.17) is 28.4 Å². The van der Waals surface area contributed by atoms with E-state index in [0.29, 0.717) is 17.6 Å². The van der Waals surface area contributed by atoms with Crippen LogP contribution in [0.3, 0.4) is 0 Å². The zero-order valence-corrected chi connectivity index (χ0v) is 33.6. The molecule has 1 aromatic heterocycles. The van der Waals surface area contributed by atoms with Crippen LogP contribution in [0.1, 0.15) is 37.8 Å². The molecule has 3 aromatic rings. The van der Waals surface area contributed by atoms with Gasteiger partial charge in [-0.2, -0.15) is 4.98 Å². The molecule has 0 fully saturated rings. The fourth-order valence-electron chi connectivity index (χ4n) is 5.68. The molecule has 298 valence electrons. The molecule has 1 atom stereocenters. The van der Waals surface area contributed by atoms with Gasteiger partial charge in [0.05, 0.1) is 39.1 Å². The van der Waals surface area contributed by atoms with E-state index < -0.39 is 54.5 Å². The molecule has 0 radical (unpaired) electrons. The van der Waals surface area contributed by atoms with Gasteiger partial charge in [-0.3, -0.25) is 19.5 Å². The van der Waals surface area contributed by atoms with Gasteiger partial charge in [0.25, 0.3) is 0 Å². The summed E-state index contributed by atoms with van der Waals surface area (Å²) in [5.41, 5.74) is 2.65. The minimum absolute atomic E-state index is 0.0563. The first-order valence-corrected chi connectivity index (χ1v) is 19.2. The van der Waals surface area contributed by atoms with Gasteiger partial charge in [-0.1, -0.05) is 71.1 Å². The highest BCUT2D eigenvalue weighted by atomic mass is 127. The fraction of sp³-hybridized carbons (Fsp3) is 0.474. The van der Waals surface area contributed by atoms with Crippen molar-refractivity contribution in [2.75, 3.05) is 76.2 Å². The maximum Gasteiger partial charge on any atom is 0.413 e. The third kappa shape index (κ3) is 13.9. The Hall–Kier alpha value is -4.59. The van der Waals surface area contributed by atoms with Crippen LogP contribution in [0.2, 0.25) is 0 Å². The van der Waals surface area contributed by atoms with Gasteiger partial charge in [-0.25, -0.2) is 14.4 Å². The number of methoxy groups -OCH3 is 1. The van der Waals surface area contributed by atoms with Crippen LogP contribution in [0.4, 0.5) is 15.4 Å². The summed E-state index contributed by atoms with van der Waals surface area (Å²) in [6, 6.07) is 16.4. The lowest BCUT2D eigenvalue weighted by Crippen LogP contribution is -2.51. The average molecular weight is 878 g/mol. The number of carbonyl (C=O) groups excluding carboxylic acids is 4. The second-order valence-corrected chi connectivity index (χ2v) is 14.5. The lowest BCUT2D eigenvalue weighted by molar-refractivity contribution is -0.149. The van der Waals surface area contributed by atoms with Gasteiger partial charge in [0.2, 0.25) is 5.91 Å². The fourth-order valence-corrected chi connectivity index (χ4v) is 5.90. The van der Waals surface area contributed by atoms with Crippen molar-refractivity contribution < 1.29 is 47.6 Å². The van der Waals surface area contributed by atoms with Crippen LogP contribution in [0.25, 0.3) is 11.1 Å². The van der Waals surface area contributed by atoms with Crippen LogP contribution in [0, 0.1) is 0 Å². The number of esters is 1. The lowest BCUT2D eigenvalue weighted by Gasteiger charge is -2.28. The number of hydrogen-bond acceptors (Lipinski definition) is 12. The number of carbonyl (C=O) groups is 4. The number of nitrogens with zero attached hydrogens (tertiary/aromatic N) is 3. The first-order valence-electron chi connectivity index (χ1n) is 17.7. The number of fused-ring (bicyclic) bond motifs is 3. The van der Waals surface area contributed by atoms with Crippen molar-refractivity contribution in [3.63, 3.8) is 0 Å². The number of ether oxygens (including phenoxy) is 6. The Labute approximate surface area is 333 Å². The van der Waals surface area contributed by atoms with Gasteiger partial charge >= 0.3 is 23.8 Å². The molecular formula is C38H48IN5O11. The second kappa shape index (κ2) is 21.5. The lowest BCUT2D eigenvalue weighted by atomic mass is 9.98. The quantitative estimate of drug-likeness (QED) is 0.0548. The van der Waals surface area contributed by atoms with Gasteiger partial charge in [-0.15, -0.1) is 0 Å². The van der Waals surface area contributed by atoms with E-state index in [1.807, 2.05) is 48.5 Å². The molecule has 0 saturated carbocycles. The summed E-state index contributed by atoms with van der Waals surface area (Å²) in [5, 5.41) is 5.18. The number of benzene rings is 2. The number of hydrogen-bond donors (Lipinski definition) is 2. The summed E-state index contributed by atoms with van der Waals surface area (Å²) in [6.07, 6.45) is -0.269. The maximum atomic E-state index is 13.7. The normalized spacial score (nSPS) is 12.6. The average Bonchev–Trinajstić information content (AvgIpc) is 3.46. The molecule has 2 aromatic carbocycles. The zero-order valence-electron chi connectivity index (χ0n) is 31.4. The Balaban J connectivity index is 1.47. The van der Waals surface area contributed by atoms with Crippen LogP contribution < -0.4 is 16.3 Å². The Morgan fingerprint density at radius 2 is 1.55 bits per heavy atom. The van der Waals surface area contributed by atoms with Crippen molar-refractivity contribution in [1.82, 2.24) is 19.8 Å². The maximum absolute atomic E-state index is 13.7. The van der Waals surface area contributed by atoms with E-state index in [2.05, 4.69) is 38.2 Å². The van der Waals surface area contributed by atoms with Crippen LogP contribution in [0.15, 0.2) is 65.6 Å². The number of anilines is 1. The van der Waals surface area contributed by atoms with Gasteiger partial charge in [-0.05, 0) is 49.1 Å². The minimum Gasteiger partial charge on any atom is -0.464 e. The number of alkyl halides is 1. The van der Waals surface area contributed by atoms with E-state index in [-0.39, 0.29) is 51.3 Å². The van der Waals surface area contributed by atoms with Crippen molar-refractivity contribution in [3.05, 3.63) is 82.4 Å². The third-order valence-electron chi connectivity index (χ3n) is 8.05. The predicted octanol–water partition coefficient (Wildman–Crippen LogP) is 3.98. The SMILES string of the molecule is COCCOCCOC[C@@H](CN(CC(=O)OCCI)C(=O)Cn1ccc(NC(=O)OC(C)(C)C)nc1=O)NC(=O)OCC1c2ccccc2-c2ccccc21. The highest BCUT2D eigenvalue weighted by molar-refractivity contribution is 14.1. The summed E-state index contributed by atoms with van der Waals surface area (Å²) in [6.45, 7) is 5.21. The largest absolute Gasteiger partial charge is 0.464 e. The van der Waals surface area contributed by atoms with E-state index in [9.17, 15) is 24.0 Å². The smallest absolute Gasteiger partial charge is 0.413 e. The van der Waals surface area contributed by atoms with Gasteiger partial charge in [0.1, 0.15) is 37.7 Å². The van der Waals surface area contributed by atoms with E-state index >= 15 is 0 Å². The third-order valence-corrected chi connectivity index (χ3v) is 8.49. The Bertz CT molecular complexity index is 1770. The summed E-state index contributed by atoms with van der Waals surface area (Å²) in [7, 11) is 1.57. The van der Waals surface area contributed by atoms with Crippen LogP contribution in [0.5, 0.6) is 0 Å².